The Morgan fingerprint density at radius 2 is 2.10 bits per heavy atom. The zero-order valence-corrected chi connectivity index (χ0v) is 15.3. The average Bonchev–Trinajstić information content (AvgIpc) is 2.86. The Labute approximate surface area is 140 Å². The second kappa shape index (κ2) is 7.35. The third kappa shape index (κ3) is 4.03. The van der Waals surface area contributed by atoms with E-state index >= 15 is 0 Å². The van der Waals surface area contributed by atoms with Crippen LogP contribution in [0.25, 0.3) is 0 Å². The molecule has 1 aromatic heterocycles. The van der Waals surface area contributed by atoms with Crippen molar-refractivity contribution in [2.45, 2.75) is 39.8 Å². The Kier molecular flexibility index (Phi) is 5.75. The maximum Gasteiger partial charge on any atom is 0.138 e. The Hall–Kier alpha value is -0.950. The minimum absolute atomic E-state index is 0.256. The molecule has 0 fully saturated rings. The van der Waals surface area contributed by atoms with Crippen molar-refractivity contribution in [1.82, 2.24) is 20.1 Å². The van der Waals surface area contributed by atoms with Gasteiger partial charge in [-0.15, -0.1) is 0 Å². The lowest BCUT2D eigenvalue weighted by Gasteiger charge is -2.19. The molecule has 0 saturated heterocycles. The van der Waals surface area contributed by atoms with Gasteiger partial charge in [-0.1, -0.05) is 32.0 Å². The molecule has 0 bridgehead atoms. The van der Waals surface area contributed by atoms with Crippen molar-refractivity contribution >= 4 is 22.6 Å². The molecule has 0 saturated carbocycles. The molecule has 1 atom stereocenters. The van der Waals surface area contributed by atoms with Gasteiger partial charge in [0.25, 0.3) is 0 Å². The number of rotatable bonds is 6. The van der Waals surface area contributed by atoms with Crippen LogP contribution in [0.4, 0.5) is 0 Å². The highest BCUT2D eigenvalue weighted by Gasteiger charge is 2.17. The highest BCUT2D eigenvalue weighted by Crippen LogP contribution is 2.25. The predicted octanol–water partition coefficient (Wildman–Crippen LogP) is 3.35. The first-order valence-corrected chi connectivity index (χ1v) is 8.39. The molecule has 1 heterocycles. The Bertz CT molecular complexity index is 592. The van der Waals surface area contributed by atoms with Gasteiger partial charge in [0, 0.05) is 22.6 Å². The molecule has 1 unspecified atom stereocenters. The predicted molar refractivity (Wildman–Crippen MR) is 94.3 cm³/mol. The van der Waals surface area contributed by atoms with E-state index in [0.29, 0.717) is 5.92 Å². The highest BCUT2D eigenvalue weighted by atomic mass is 127. The third-order valence-electron chi connectivity index (χ3n) is 3.57. The second-order valence-corrected chi connectivity index (χ2v) is 6.85. The standard InChI is InChI=1S/C16H23IN4/c1-11(2)9-21-15(19-10-20-21)8-14(18-4)13-7-5-6-12(3)16(13)17/h5-7,10-11,14,18H,8-9H2,1-4H3. The van der Waals surface area contributed by atoms with Crippen LogP contribution in [-0.2, 0) is 13.0 Å². The number of halogens is 1. The monoisotopic (exact) mass is 398 g/mol. The van der Waals surface area contributed by atoms with Gasteiger partial charge in [-0.2, -0.15) is 5.10 Å². The van der Waals surface area contributed by atoms with Gasteiger partial charge in [0.15, 0.2) is 0 Å². The maximum absolute atomic E-state index is 4.44. The lowest BCUT2D eigenvalue weighted by molar-refractivity contribution is 0.451. The van der Waals surface area contributed by atoms with Crippen LogP contribution in [0.15, 0.2) is 24.5 Å². The van der Waals surface area contributed by atoms with Gasteiger partial charge >= 0.3 is 0 Å². The van der Waals surface area contributed by atoms with Crippen LogP contribution >= 0.6 is 22.6 Å². The summed E-state index contributed by atoms with van der Waals surface area (Å²) in [5, 5.41) is 7.77. The molecule has 4 nitrogen and oxygen atoms in total. The summed E-state index contributed by atoms with van der Waals surface area (Å²) in [6.45, 7) is 7.46. The van der Waals surface area contributed by atoms with Crippen molar-refractivity contribution in [3.05, 3.63) is 45.0 Å². The van der Waals surface area contributed by atoms with E-state index in [9.17, 15) is 0 Å². The van der Waals surface area contributed by atoms with Crippen molar-refractivity contribution < 1.29 is 0 Å². The summed E-state index contributed by atoms with van der Waals surface area (Å²) < 4.78 is 3.35. The van der Waals surface area contributed by atoms with Gasteiger partial charge < -0.3 is 5.32 Å². The molecule has 5 heteroatoms. The minimum Gasteiger partial charge on any atom is -0.313 e. The zero-order valence-electron chi connectivity index (χ0n) is 13.1. The van der Waals surface area contributed by atoms with Crippen molar-refractivity contribution in [3.8, 4) is 0 Å². The fourth-order valence-electron chi connectivity index (χ4n) is 2.43. The first-order valence-electron chi connectivity index (χ1n) is 7.31. The number of aryl methyl sites for hydroxylation is 1. The van der Waals surface area contributed by atoms with E-state index in [2.05, 4.69) is 77.0 Å². The van der Waals surface area contributed by atoms with Gasteiger partial charge in [0.1, 0.15) is 12.2 Å². The van der Waals surface area contributed by atoms with Crippen molar-refractivity contribution in [1.29, 1.82) is 0 Å². The zero-order chi connectivity index (χ0) is 15.4. The second-order valence-electron chi connectivity index (χ2n) is 5.78. The van der Waals surface area contributed by atoms with E-state index in [1.54, 1.807) is 6.33 Å². The molecule has 0 radical (unpaired) electrons. The van der Waals surface area contributed by atoms with E-state index in [1.165, 1.54) is 14.7 Å². The molecule has 0 aliphatic rings. The number of nitrogens with one attached hydrogen (secondary N) is 1. The van der Waals surface area contributed by atoms with Gasteiger partial charge in [-0.3, -0.25) is 0 Å². The summed E-state index contributed by atoms with van der Waals surface area (Å²) in [4.78, 5) is 4.44. The normalized spacial score (nSPS) is 12.9. The lowest BCUT2D eigenvalue weighted by Crippen LogP contribution is -2.23. The average molecular weight is 398 g/mol. The van der Waals surface area contributed by atoms with Crippen LogP contribution in [0.2, 0.25) is 0 Å². The number of aromatic nitrogens is 3. The van der Waals surface area contributed by atoms with E-state index in [-0.39, 0.29) is 6.04 Å². The van der Waals surface area contributed by atoms with Gasteiger partial charge in [-0.05, 0) is 53.6 Å². The maximum atomic E-state index is 4.44. The lowest BCUT2D eigenvalue weighted by atomic mass is 10.0. The topological polar surface area (TPSA) is 42.7 Å². The Morgan fingerprint density at radius 1 is 1.33 bits per heavy atom. The van der Waals surface area contributed by atoms with Crippen LogP contribution in [-0.4, -0.2) is 21.8 Å². The summed E-state index contributed by atoms with van der Waals surface area (Å²) in [7, 11) is 2.01. The molecule has 21 heavy (non-hydrogen) atoms. The van der Waals surface area contributed by atoms with Crippen molar-refractivity contribution in [3.63, 3.8) is 0 Å². The van der Waals surface area contributed by atoms with Crippen LogP contribution in [0.3, 0.4) is 0 Å². The van der Waals surface area contributed by atoms with Crippen LogP contribution < -0.4 is 5.32 Å². The molecule has 2 rings (SSSR count). The number of hydrogen-bond acceptors (Lipinski definition) is 3. The van der Waals surface area contributed by atoms with Crippen LogP contribution in [0.1, 0.15) is 36.8 Å². The molecular weight excluding hydrogens is 375 g/mol. The molecule has 1 N–H and O–H groups in total. The SMILES string of the molecule is CNC(Cc1ncnn1CC(C)C)c1cccc(C)c1I. The summed E-state index contributed by atoms with van der Waals surface area (Å²) in [6, 6.07) is 6.72. The van der Waals surface area contributed by atoms with Gasteiger partial charge in [-0.25, -0.2) is 9.67 Å². The number of likely N-dealkylation sites (N-methyl/N-ethyl adjacent to an activating group) is 1. The molecule has 2 aromatic rings. The van der Waals surface area contributed by atoms with Crippen molar-refractivity contribution in [2.24, 2.45) is 5.92 Å². The molecule has 0 spiro atoms. The molecule has 0 aliphatic carbocycles. The van der Waals surface area contributed by atoms with Gasteiger partial charge in [0.05, 0.1) is 0 Å². The van der Waals surface area contributed by atoms with Crippen molar-refractivity contribution in [2.75, 3.05) is 7.05 Å². The van der Waals surface area contributed by atoms with Crippen LogP contribution in [0.5, 0.6) is 0 Å². The summed E-state index contributed by atoms with van der Waals surface area (Å²) in [5.41, 5.74) is 2.65. The first kappa shape index (κ1) is 16.4. The summed E-state index contributed by atoms with van der Waals surface area (Å²) >= 11 is 2.43. The highest BCUT2D eigenvalue weighted by molar-refractivity contribution is 14.1. The largest absolute Gasteiger partial charge is 0.313 e. The van der Waals surface area contributed by atoms with Gasteiger partial charge in [0.2, 0.25) is 0 Å². The molecule has 0 aliphatic heterocycles. The quantitative estimate of drug-likeness (QED) is 0.759. The molecule has 114 valence electrons. The van der Waals surface area contributed by atoms with E-state index in [1.807, 2.05) is 11.7 Å². The number of hydrogen-bond donors (Lipinski definition) is 1. The first-order chi connectivity index (χ1) is 10.0. The third-order valence-corrected chi connectivity index (χ3v) is 5.04. The number of benzene rings is 1. The Morgan fingerprint density at radius 3 is 2.76 bits per heavy atom. The molecule has 0 amide bonds. The summed E-state index contributed by atoms with van der Waals surface area (Å²) in [6.07, 6.45) is 2.51. The molecule has 1 aromatic carbocycles. The Balaban J connectivity index is 2.24. The van der Waals surface area contributed by atoms with E-state index in [0.717, 1.165) is 18.8 Å². The fraction of sp³-hybridized carbons (Fsp3) is 0.500. The summed E-state index contributed by atoms with van der Waals surface area (Å²) in [5.74, 6) is 1.61. The van der Waals surface area contributed by atoms with E-state index < -0.39 is 0 Å². The van der Waals surface area contributed by atoms with Crippen LogP contribution in [0, 0.1) is 16.4 Å². The number of nitrogens with zero attached hydrogens (tertiary/aromatic N) is 3. The van der Waals surface area contributed by atoms with E-state index in [4.69, 9.17) is 0 Å². The minimum atomic E-state index is 0.256. The smallest absolute Gasteiger partial charge is 0.138 e. The fourth-order valence-corrected chi connectivity index (χ4v) is 3.17. The molecular formula is C16H23IN4.